The zero-order valence-corrected chi connectivity index (χ0v) is 27.1. The monoisotopic (exact) mass is 604 g/mol. The minimum Gasteiger partial charge on any atom is -0.444 e. The molecule has 1 unspecified atom stereocenters. The largest absolute Gasteiger partial charge is 0.444 e. The maximum Gasteiger partial charge on any atom is 0.407 e. The van der Waals surface area contributed by atoms with Crippen LogP contribution in [-0.2, 0) is 25.5 Å². The van der Waals surface area contributed by atoms with Gasteiger partial charge in [-0.05, 0) is 57.1 Å². The maximum atomic E-state index is 13.8. The molecule has 0 aliphatic carbocycles. The number of hydrogen-bond acceptors (Lipinski definition) is 7. The Balaban J connectivity index is 2.21. The fourth-order valence-electron chi connectivity index (χ4n) is 5.19. The van der Waals surface area contributed by atoms with Crippen molar-refractivity contribution in [1.82, 2.24) is 16.0 Å². The van der Waals surface area contributed by atoms with Gasteiger partial charge in [0.25, 0.3) is 0 Å². The fraction of sp³-hybridized carbons (Fsp3) is 0.688. The van der Waals surface area contributed by atoms with Gasteiger partial charge in [0.05, 0.1) is 18.7 Å². The Kier molecular flexibility index (Phi) is 13.3. The number of aliphatic hydroxyl groups excluding tert-OH is 1. The van der Waals surface area contributed by atoms with Crippen molar-refractivity contribution in [1.29, 1.82) is 0 Å². The average molecular weight is 605 g/mol. The summed E-state index contributed by atoms with van der Waals surface area (Å²) in [6.45, 7) is 13.6. The lowest BCUT2D eigenvalue weighted by molar-refractivity contribution is -0.125. The van der Waals surface area contributed by atoms with E-state index in [9.17, 15) is 24.3 Å². The van der Waals surface area contributed by atoms with Crippen molar-refractivity contribution in [3.05, 3.63) is 29.8 Å². The lowest BCUT2D eigenvalue weighted by Gasteiger charge is -2.37. The van der Waals surface area contributed by atoms with Crippen molar-refractivity contribution in [3.63, 3.8) is 0 Å². The number of amides is 4. The molecule has 0 spiro atoms. The van der Waals surface area contributed by atoms with Gasteiger partial charge in [0.1, 0.15) is 11.7 Å². The van der Waals surface area contributed by atoms with Crippen molar-refractivity contribution in [2.75, 3.05) is 25.0 Å². The van der Waals surface area contributed by atoms with E-state index in [0.717, 1.165) is 24.1 Å². The summed E-state index contributed by atoms with van der Waals surface area (Å²) >= 11 is 0. The van der Waals surface area contributed by atoms with Gasteiger partial charge in [-0.25, -0.2) is 9.59 Å². The lowest BCUT2D eigenvalue weighted by Crippen LogP contribution is -2.50. The number of benzene rings is 1. The van der Waals surface area contributed by atoms with Crippen molar-refractivity contribution in [2.45, 2.75) is 111 Å². The summed E-state index contributed by atoms with van der Waals surface area (Å²) in [6, 6.07) is 6.76. The molecule has 0 saturated heterocycles. The Hall–Kier alpha value is -3.34. The van der Waals surface area contributed by atoms with Crippen molar-refractivity contribution in [2.24, 2.45) is 11.3 Å². The molecular formula is C32H52N4O7. The molecule has 0 radical (unpaired) electrons. The molecule has 1 aliphatic rings. The third-order valence-corrected chi connectivity index (χ3v) is 7.34. The van der Waals surface area contributed by atoms with Crippen LogP contribution in [0.5, 0.6) is 0 Å². The van der Waals surface area contributed by atoms with Crippen LogP contribution in [0.15, 0.2) is 24.3 Å². The topological polar surface area (TPSA) is 146 Å². The van der Waals surface area contributed by atoms with E-state index in [0.29, 0.717) is 13.0 Å². The van der Waals surface area contributed by atoms with Crippen molar-refractivity contribution in [3.8, 4) is 0 Å². The molecule has 242 valence electrons. The van der Waals surface area contributed by atoms with Crippen LogP contribution in [0, 0.1) is 11.3 Å². The number of nitrogens with zero attached hydrogens (tertiary/aromatic N) is 1. The third-order valence-electron chi connectivity index (χ3n) is 7.34. The molecule has 0 fully saturated rings. The standard InChI is InChI=1S/C32H52N4O7/c1-9-10-15-34-28(39)21(2)16-26(37)24(35-30(41)43-31(3,4)5)18-32(6,7)19-27(38)36-20-23(42-29(40)33-8)17-22-13-11-12-14-25(22)36/h11-14,21,23-24,26,37H,9-10,15-20H2,1-8H3,(H,33,40)(H,34,39)(H,35,41)/t21-,23?,24+,26+/m1/s1. The molecule has 2 rings (SSSR count). The van der Waals surface area contributed by atoms with Crippen LogP contribution in [0.3, 0.4) is 0 Å². The highest BCUT2D eigenvalue weighted by atomic mass is 16.6. The highest BCUT2D eigenvalue weighted by Crippen LogP contribution is 2.34. The minimum absolute atomic E-state index is 0.0975. The van der Waals surface area contributed by atoms with Gasteiger partial charge in [-0.1, -0.05) is 52.3 Å². The van der Waals surface area contributed by atoms with Crippen LogP contribution in [-0.4, -0.2) is 73.1 Å². The van der Waals surface area contributed by atoms with Gasteiger partial charge in [0.15, 0.2) is 0 Å². The molecule has 0 aromatic heterocycles. The van der Waals surface area contributed by atoms with E-state index in [1.165, 1.54) is 7.05 Å². The highest BCUT2D eigenvalue weighted by Gasteiger charge is 2.37. The van der Waals surface area contributed by atoms with Gasteiger partial charge in [0.2, 0.25) is 11.8 Å². The Morgan fingerprint density at radius 3 is 2.40 bits per heavy atom. The number of alkyl carbamates (subject to hydrolysis) is 2. The summed E-state index contributed by atoms with van der Waals surface area (Å²) in [7, 11) is 1.49. The molecule has 11 nitrogen and oxygen atoms in total. The summed E-state index contributed by atoms with van der Waals surface area (Å²) < 4.78 is 11.0. The Morgan fingerprint density at radius 2 is 1.77 bits per heavy atom. The summed E-state index contributed by atoms with van der Waals surface area (Å²) in [5, 5.41) is 19.4. The van der Waals surface area contributed by atoms with E-state index in [1.807, 2.05) is 45.0 Å². The number of rotatable bonds is 13. The van der Waals surface area contributed by atoms with Gasteiger partial charge in [-0.15, -0.1) is 0 Å². The first-order valence-electron chi connectivity index (χ1n) is 15.3. The van der Waals surface area contributed by atoms with E-state index in [4.69, 9.17) is 9.47 Å². The SMILES string of the molecule is CCCCNC(=O)[C@H](C)C[C@H](O)[C@H](CC(C)(C)CC(=O)N1CC(OC(=O)NC)Cc2ccccc21)NC(=O)OC(C)(C)C. The second-order valence-corrected chi connectivity index (χ2v) is 13.3. The molecule has 1 aromatic rings. The molecule has 43 heavy (non-hydrogen) atoms. The Morgan fingerprint density at radius 1 is 1.09 bits per heavy atom. The number of carbonyl (C=O) groups excluding carboxylic acids is 4. The first-order chi connectivity index (χ1) is 20.0. The van der Waals surface area contributed by atoms with Crippen LogP contribution >= 0.6 is 0 Å². The number of nitrogens with one attached hydrogen (secondary N) is 3. The van der Waals surface area contributed by atoms with Crippen LogP contribution in [0.2, 0.25) is 0 Å². The van der Waals surface area contributed by atoms with Gasteiger partial charge < -0.3 is 35.4 Å². The second kappa shape index (κ2) is 15.9. The maximum absolute atomic E-state index is 13.8. The normalized spacial score (nSPS) is 17.1. The van der Waals surface area contributed by atoms with Crippen molar-refractivity contribution >= 4 is 29.7 Å². The summed E-state index contributed by atoms with van der Waals surface area (Å²) in [5.74, 6) is -0.811. The average Bonchev–Trinajstić information content (AvgIpc) is 2.90. The number of anilines is 1. The van der Waals surface area contributed by atoms with Gasteiger partial charge in [0, 0.05) is 38.0 Å². The van der Waals surface area contributed by atoms with Gasteiger partial charge >= 0.3 is 12.2 Å². The van der Waals surface area contributed by atoms with Crippen LogP contribution in [0.4, 0.5) is 15.3 Å². The van der Waals surface area contributed by atoms with Crippen LogP contribution < -0.4 is 20.9 Å². The molecule has 1 aromatic carbocycles. The highest BCUT2D eigenvalue weighted by molar-refractivity contribution is 5.95. The fourth-order valence-corrected chi connectivity index (χ4v) is 5.19. The van der Waals surface area contributed by atoms with Crippen molar-refractivity contribution < 1.29 is 33.8 Å². The third kappa shape index (κ3) is 12.1. The van der Waals surface area contributed by atoms with Crippen LogP contribution in [0.1, 0.15) is 86.1 Å². The number of hydrogen-bond donors (Lipinski definition) is 4. The van der Waals surface area contributed by atoms with E-state index >= 15 is 0 Å². The Labute approximate surface area is 256 Å². The van der Waals surface area contributed by atoms with Crippen LogP contribution in [0.25, 0.3) is 0 Å². The predicted molar refractivity (Wildman–Crippen MR) is 166 cm³/mol. The number of fused-ring (bicyclic) bond motifs is 1. The molecular weight excluding hydrogens is 552 g/mol. The zero-order chi connectivity index (χ0) is 32.4. The van der Waals surface area contributed by atoms with E-state index < -0.39 is 47.4 Å². The van der Waals surface area contributed by atoms with E-state index in [2.05, 4.69) is 16.0 Å². The summed E-state index contributed by atoms with van der Waals surface area (Å²) in [5.41, 5.74) is 0.256. The molecule has 1 aliphatic heterocycles. The number of ether oxygens (including phenoxy) is 2. The molecule has 4 amide bonds. The number of carbonyl (C=O) groups is 4. The first kappa shape index (κ1) is 35.9. The summed E-state index contributed by atoms with van der Waals surface area (Å²) in [4.78, 5) is 52.7. The molecule has 11 heteroatoms. The molecule has 0 saturated carbocycles. The smallest absolute Gasteiger partial charge is 0.407 e. The lowest BCUT2D eigenvalue weighted by atomic mass is 9.79. The molecule has 4 atom stereocenters. The second-order valence-electron chi connectivity index (χ2n) is 13.3. The molecule has 0 bridgehead atoms. The quantitative estimate of drug-likeness (QED) is 0.246. The zero-order valence-electron chi connectivity index (χ0n) is 27.1. The number of unbranched alkanes of at least 4 members (excludes halogenated alkanes) is 1. The minimum atomic E-state index is -1.06. The molecule has 1 heterocycles. The number of para-hydroxylation sites is 1. The van der Waals surface area contributed by atoms with Gasteiger partial charge in [-0.3, -0.25) is 9.59 Å². The molecule has 4 N–H and O–H groups in total. The van der Waals surface area contributed by atoms with E-state index in [1.54, 1.807) is 32.6 Å². The summed E-state index contributed by atoms with van der Waals surface area (Å²) in [6.07, 6.45) is -0.0185. The first-order valence-corrected chi connectivity index (χ1v) is 15.3. The Bertz CT molecular complexity index is 1100. The van der Waals surface area contributed by atoms with Gasteiger partial charge in [-0.2, -0.15) is 0 Å². The number of aliphatic hydroxyl groups is 1. The predicted octanol–water partition coefficient (Wildman–Crippen LogP) is 4.30. The van der Waals surface area contributed by atoms with E-state index in [-0.39, 0.29) is 37.6 Å².